The van der Waals surface area contributed by atoms with Crippen LogP contribution < -0.4 is 0 Å². The lowest BCUT2D eigenvalue weighted by Gasteiger charge is -2.10. The Kier molecular flexibility index (Phi) is 3.29. The van der Waals surface area contributed by atoms with Crippen molar-refractivity contribution in [3.8, 4) is 0 Å². The van der Waals surface area contributed by atoms with E-state index in [-0.39, 0.29) is 4.49 Å². The first kappa shape index (κ1) is 11.4. The fraction of sp³-hybridized carbons (Fsp3) is 0.800. The number of hydrogen-bond acceptors (Lipinski definition) is 0. The summed E-state index contributed by atoms with van der Waals surface area (Å²) in [6.45, 7) is 0. The molecular weight excluding hydrogens is 262 g/mol. The van der Waals surface area contributed by atoms with Gasteiger partial charge in [-0.25, -0.2) is 0 Å². The minimum Gasteiger partial charge on any atom is -0.112 e. The van der Waals surface area contributed by atoms with E-state index < -0.39 is 4.87 Å². The molecule has 4 heteroatoms. The van der Waals surface area contributed by atoms with Crippen molar-refractivity contribution in [2.45, 2.75) is 37.0 Å². The van der Waals surface area contributed by atoms with Crippen LogP contribution in [0.5, 0.6) is 0 Å². The van der Waals surface area contributed by atoms with E-state index in [9.17, 15) is 0 Å². The maximum absolute atomic E-state index is 6.48. The standard InChI is InChI=1S/C10H12Cl4/c11-8(9(12)13)10(14)6-4-2-1-3-5-7(6)10/h6-7H,1-5H2. The van der Waals surface area contributed by atoms with Crippen LogP contribution in [-0.2, 0) is 0 Å². The molecular formula is C10H12Cl4. The molecule has 2 fully saturated rings. The van der Waals surface area contributed by atoms with Gasteiger partial charge in [0.15, 0.2) is 0 Å². The quantitative estimate of drug-likeness (QED) is 0.586. The third-order valence-electron chi connectivity index (χ3n) is 3.49. The summed E-state index contributed by atoms with van der Waals surface area (Å²) in [7, 11) is 0. The zero-order valence-electron chi connectivity index (χ0n) is 7.70. The van der Waals surface area contributed by atoms with Gasteiger partial charge in [-0.1, -0.05) is 54.1 Å². The molecule has 2 saturated carbocycles. The molecule has 2 aliphatic rings. The van der Waals surface area contributed by atoms with Crippen molar-refractivity contribution in [3.63, 3.8) is 0 Å². The molecule has 14 heavy (non-hydrogen) atoms. The summed E-state index contributed by atoms with van der Waals surface area (Å²) in [6.07, 6.45) is 6.13. The summed E-state index contributed by atoms with van der Waals surface area (Å²) in [5.41, 5.74) is 0. The van der Waals surface area contributed by atoms with Crippen molar-refractivity contribution in [3.05, 3.63) is 9.52 Å². The Morgan fingerprint density at radius 1 is 0.929 bits per heavy atom. The molecule has 0 aromatic heterocycles. The van der Waals surface area contributed by atoms with Crippen LogP contribution in [0.3, 0.4) is 0 Å². The van der Waals surface area contributed by atoms with Gasteiger partial charge in [0, 0.05) is 0 Å². The van der Waals surface area contributed by atoms with Crippen molar-refractivity contribution in [1.82, 2.24) is 0 Å². The molecule has 0 radical (unpaired) electrons. The van der Waals surface area contributed by atoms with Gasteiger partial charge in [-0.3, -0.25) is 0 Å². The van der Waals surface area contributed by atoms with Crippen LogP contribution in [0, 0.1) is 11.8 Å². The van der Waals surface area contributed by atoms with E-state index in [1.807, 2.05) is 0 Å². The number of rotatable bonds is 1. The summed E-state index contributed by atoms with van der Waals surface area (Å²) >= 11 is 23.9. The molecule has 0 amide bonds. The second kappa shape index (κ2) is 4.05. The summed E-state index contributed by atoms with van der Waals surface area (Å²) in [5.74, 6) is 0.985. The third-order valence-corrected chi connectivity index (χ3v) is 5.41. The largest absolute Gasteiger partial charge is 0.123 e. The first-order chi connectivity index (χ1) is 6.58. The Balaban J connectivity index is 2.17. The highest BCUT2D eigenvalue weighted by Crippen LogP contribution is 2.67. The molecule has 2 rings (SSSR count). The summed E-state index contributed by atoms with van der Waals surface area (Å²) < 4.78 is 0.134. The molecule has 0 aliphatic heterocycles. The van der Waals surface area contributed by atoms with Crippen LogP contribution in [-0.4, -0.2) is 4.87 Å². The van der Waals surface area contributed by atoms with Gasteiger partial charge >= 0.3 is 0 Å². The Morgan fingerprint density at radius 3 is 1.86 bits per heavy atom. The van der Waals surface area contributed by atoms with Gasteiger partial charge in [0.2, 0.25) is 0 Å². The molecule has 0 spiro atoms. The third kappa shape index (κ3) is 1.69. The van der Waals surface area contributed by atoms with E-state index in [2.05, 4.69) is 0 Å². The molecule has 2 aliphatic carbocycles. The second-order valence-corrected chi connectivity index (χ2v) is 6.15. The Hall–Kier alpha value is 0.900. The number of allylic oxidation sites excluding steroid dienone is 1. The number of fused-ring (bicyclic) bond motifs is 1. The molecule has 2 atom stereocenters. The molecule has 0 aromatic rings. The molecule has 0 nitrogen and oxygen atoms in total. The highest BCUT2D eigenvalue weighted by atomic mass is 35.5. The minimum absolute atomic E-state index is 0.134. The summed E-state index contributed by atoms with van der Waals surface area (Å²) in [6, 6.07) is 0. The Morgan fingerprint density at radius 2 is 1.43 bits per heavy atom. The van der Waals surface area contributed by atoms with Gasteiger partial charge in [-0.2, -0.15) is 0 Å². The van der Waals surface area contributed by atoms with Crippen molar-refractivity contribution >= 4 is 46.4 Å². The zero-order valence-corrected chi connectivity index (χ0v) is 10.7. The van der Waals surface area contributed by atoms with Gasteiger partial charge in [-0.05, 0) is 24.7 Å². The number of alkyl halides is 1. The monoisotopic (exact) mass is 272 g/mol. The Bertz CT molecular complexity index is 255. The molecule has 0 N–H and O–H groups in total. The Labute approximate surface area is 105 Å². The minimum atomic E-state index is -0.430. The average Bonchev–Trinajstić information content (AvgIpc) is 2.79. The van der Waals surface area contributed by atoms with E-state index in [0.717, 1.165) is 12.8 Å². The predicted octanol–water partition coefficient (Wildman–Crippen LogP) is 5.06. The van der Waals surface area contributed by atoms with Gasteiger partial charge in [0.25, 0.3) is 0 Å². The highest BCUT2D eigenvalue weighted by molar-refractivity contribution is 6.60. The fourth-order valence-electron chi connectivity index (χ4n) is 2.70. The highest BCUT2D eigenvalue weighted by Gasteiger charge is 2.65. The lowest BCUT2D eigenvalue weighted by molar-refractivity contribution is 0.620. The second-order valence-electron chi connectivity index (χ2n) is 4.19. The van der Waals surface area contributed by atoms with Crippen molar-refractivity contribution in [2.24, 2.45) is 11.8 Å². The van der Waals surface area contributed by atoms with E-state index in [0.29, 0.717) is 16.9 Å². The zero-order chi connectivity index (χ0) is 10.3. The lowest BCUT2D eigenvalue weighted by Crippen LogP contribution is -2.07. The maximum Gasteiger partial charge on any atom is 0.123 e. The summed E-state index contributed by atoms with van der Waals surface area (Å²) in [4.78, 5) is -0.430. The summed E-state index contributed by atoms with van der Waals surface area (Å²) in [5, 5.41) is 0.458. The predicted molar refractivity (Wildman–Crippen MR) is 63.2 cm³/mol. The van der Waals surface area contributed by atoms with Crippen molar-refractivity contribution < 1.29 is 0 Å². The number of hydrogen-bond donors (Lipinski definition) is 0. The van der Waals surface area contributed by atoms with E-state index in [4.69, 9.17) is 46.4 Å². The maximum atomic E-state index is 6.48. The molecule has 0 bridgehead atoms. The van der Waals surface area contributed by atoms with Gasteiger partial charge in [0.05, 0.1) is 9.91 Å². The fourth-order valence-corrected chi connectivity index (χ4v) is 3.94. The normalized spacial score (nSPS) is 41.1. The van der Waals surface area contributed by atoms with E-state index in [1.54, 1.807) is 0 Å². The first-order valence-electron chi connectivity index (χ1n) is 4.98. The molecule has 0 saturated heterocycles. The van der Waals surface area contributed by atoms with Crippen LogP contribution in [0.25, 0.3) is 0 Å². The van der Waals surface area contributed by atoms with Crippen LogP contribution >= 0.6 is 46.4 Å². The molecule has 2 unspecified atom stereocenters. The van der Waals surface area contributed by atoms with Gasteiger partial charge in [0.1, 0.15) is 4.49 Å². The van der Waals surface area contributed by atoms with Crippen molar-refractivity contribution in [1.29, 1.82) is 0 Å². The number of halogens is 4. The van der Waals surface area contributed by atoms with Gasteiger partial charge in [-0.15, -0.1) is 11.6 Å². The molecule has 0 heterocycles. The average molecular weight is 274 g/mol. The van der Waals surface area contributed by atoms with Crippen LogP contribution in [0.15, 0.2) is 9.52 Å². The van der Waals surface area contributed by atoms with Crippen LogP contribution in [0.2, 0.25) is 0 Å². The SMILES string of the molecule is ClC(Cl)=C(Cl)C1(Cl)C2CCCCCC21. The lowest BCUT2D eigenvalue weighted by atomic mass is 10.1. The van der Waals surface area contributed by atoms with Crippen LogP contribution in [0.4, 0.5) is 0 Å². The van der Waals surface area contributed by atoms with Gasteiger partial charge < -0.3 is 0 Å². The smallest absolute Gasteiger partial charge is 0.112 e. The first-order valence-corrected chi connectivity index (χ1v) is 6.49. The molecule has 0 aromatic carbocycles. The van der Waals surface area contributed by atoms with Crippen molar-refractivity contribution in [2.75, 3.05) is 0 Å². The van der Waals surface area contributed by atoms with Crippen LogP contribution in [0.1, 0.15) is 32.1 Å². The van der Waals surface area contributed by atoms with E-state index >= 15 is 0 Å². The van der Waals surface area contributed by atoms with E-state index in [1.165, 1.54) is 19.3 Å². The topological polar surface area (TPSA) is 0 Å². The molecule has 80 valence electrons.